The molecule has 0 bridgehead atoms. The van der Waals surface area contributed by atoms with Crippen molar-refractivity contribution < 1.29 is 24.9 Å². The van der Waals surface area contributed by atoms with Gasteiger partial charge in [-0.3, -0.25) is 0 Å². The molecule has 0 aromatic heterocycles. The zero-order valence-corrected chi connectivity index (χ0v) is 9.25. The first-order valence-electron chi connectivity index (χ1n) is 4.68. The minimum absolute atomic E-state index is 0.0562. The van der Waals surface area contributed by atoms with Crippen LogP contribution in [-0.2, 0) is 4.74 Å². The summed E-state index contributed by atoms with van der Waals surface area (Å²) < 4.78 is 4.42. The van der Waals surface area contributed by atoms with Crippen molar-refractivity contribution in [1.29, 1.82) is 0 Å². The van der Waals surface area contributed by atoms with Crippen molar-refractivity contribution in [2.24, 2.45) is 0 Å². The summed E-state index contributed by atoms with van der Waals surface area (Å²) in [5.74, 6) is -0.581. The standard InChI is InChI=1S/C8H8O3.C3H8O2/c1-11-8(10)6-4-2-3-5-7(6)9;1-3(5)2-4/h2-5,9H,1H3;3-5H,2H2,1H3. The minimum Gasteiger partial charge on any atom is -0.507 e. The molecule has 0 heterocycles. The lowest BCUT2D eigenvalue weighted by Gasteiger charge is -1.99. The molecule has 1 rings (SSSR count). The summed E-state index contributed by atoms with van der Waals surface area (Å²) in [6.07, 6.45) is -0.560. The Hall–Kier alpha value is -1.59. The van der Waals surface area contributed by atoms with E-state index in [9.17, 15) is 4.79 Å². The summed E-state index contributed by atoms with van der Waals surface area (Å²) in [6.45, 7) is 1.39. The molecule has 0 saturated carbocycles. The van der Waals surface area contributed by atoms with Gasteiger partial charge >= 0.3 is 5.97 Å². The Kier molecular flexibility index (Phi) is 6.91. The van der Waals surface area contributed by atoms with Gasteiger partial charge in [0.2, 0.25) is 0 Å². The van der Waals surface area contributed by atoms with Gasteiger partial charge in [0.15, 0.2) is 0 Å². The van der Waals surface area contributed by atoms with Crippen molar-refractivity contribution in [3.63, 3.8) is 0 Å². The van der Waals surface area contributed by atoms with E-state index in [1.54, 1.807) is 12.1 Å². The molecule has 1 atom stereocenters. The molecule has 0 saturated heterocycles. The summed E-state index contributed by atoms with van der Waals surface area (Å²) in [4.78, 5) is 10.9. The van der Waals surface area contributed by atoms with Crippen molar-refractivity contribution in [3.8, 4) is 5.75 Å². The average molecular weight is 228 g/mol. The van der Waals surface area contributed by atoms with Crippen LogP contribution in [0.5, 0.6) is 5.75 Å². The van der Waals surface area contributed by atoms with Gasteiger partial charge in [-0.1, -0.05) is 12.1 Å². The van der Waals surface area contributed by atoms with Crippen LogP contribution in [-0.4, -0.2) is 41.1 Å². The molecule has 1 unspecified atom stereocenters. The lowest BCUT2D eigenvalue weighted by molar-refractivity contribution is 0.0597. The number of hydrogen-bond donors (Lipinski definition) is 3. The van der Waals surface area contributed by atoms with Gasteiger partial charge in [-0.2, -0.15) is 0 Å². The molecule has 0 amide bonds. The van der Waals surface area contributed by atoms with Gasteiger partial charge in [0.1, 0.15) is 11.3 Å². The Morgan fingerprint density at radius 2 is 1.94 bits per heavy atom. The highest BCUT2D eigenvalue weighted by Crippen LogP contribution is 2.15. The van der Waals surface area contributed by atoms with E-state index in [1.165, 1.54) is 26.2 Å². The Bertz CT molecular complexity index is 322. The van der Waals surface area contributed by atoms with E-state index in [-0.39, 0.29) is 17.9 Å². The number of hydrogen-bond acceptors (Lipinski definition) is 5. The first-order chi connectivity index (χ1) is 7.52. The summed E-state index contributed by atoms with van der Waals surface area (Å²) in [5.41, 5.74) is 0.190. The number of phenolic OH excluding ortho intramolecular Hbond substituents is 1. The lowest BCUT2D eigenvalue weighted by atomic mass is 10.2. The highest BCUT2D eigenvalue weighted by molar-refractivity contribution is 5.92. The van der Waals surface area contributed by atoms with E-state index >= 15 is 0 Å². The fourth-order valence-electron chi connectivity index (χ4n) is 0.756. The summed E-state index contributed by atoms with van der Waals surface area (Å²) in [5, 5.41) is 25.1. The summed E-state index contributed by atoms with van der Waals surface area (Å²) in [7, 11) is 1.27. The number of methoxy groups -OCH3 is 1. The highest BCUT2D eigenvalue weighted by Gasteiger charge is 2.08. The van der Waals surface area contributed by atoms with Crippen LogP contribution in [0.1, 0.15) is 17.3 Å². The van der Waals surface area contributed by atoms with Crippen LogP contribution >= 0.6 is 0 Å². The number of aromatic hydroxyl groups is 1. The molecule has 0 aliphatic rings. The molecular formula is C11H16O5. The maximum atomic E-state index is 10.9. The molecule has 0 aliphatic carbocycles. The number of ether oxygens (including phenoxy) is 1. The maximum absolute atomic E-state index is 10.9. The van der Waals surface area contributed by atoms with E-state index in [0.29, 0.717) is 0 Å². The molecule has 0 radical (unpaired) electrons. The quantitative estimate of drug-likeness (QED) is 0.643. The van der Waals surface area contributed by atoms with Crippen molar-refractivity contribution in [3.05, 3.63) is 29.8 Å². The minimum atomic E-state index is -0.560. The Morgan fingerprint density at radius 1 is 1.44 bits per heavy atom. The number of rotatable bonds is 2. The van der Waals surface area contributed by atoms with Gasteiger partial charge in [0.25, 0.3) is 0 Å². The topological polar surface area (TPSA) is 87.0 Å². The van der Waals surface area contributed by atoms with E-state index in [4.69, 9.17) is 15.3 Å². The Balaban J connectivity index is 0.000000385. The normalized spacial score (nSPS) is 11.0. The number of carbonyl (C=O) groups excluding carboxylic acids is 1. The van der Waals surface area contributed by atoms with E-state index < -0.39 is 12.1 Å². The molecular weight excluding hydrogens is 212 g/mol. The number of aliphatic hydroxyl groups is 2. The summed E-state index contributed by atoms with van der Waals surface area (Å²) in [6, 6.07) is 6.24. The number of esters is 1. The molecule has 5 nitrogen and oxygen atoms in total. The number of para-hydroxylation sites is 1. The monoisotopic (exact) mass is 228 g/mol. The SMILES string of the molecule is CC(O)CO.COC(=O)c1ccccc1O. The zero-order chi connectivity index (χ0) is 12.6. The van der Waals surface area contributed by atoms with E-state index in [1.807, 2.05) is 0 Å². The van der Waals surface area contributed by atoms with Crippen LogP contribution < -0.4 is 0 Å². The van der Waals surface area contributed by atoms with Crippen molar-refractivity contribution in [1.82, 2.24) is 0 Å². The fraction of sp³-hybridized carbons (Fsp3) is 0.364. The summed E-state index contributed by atoms with van der Waals surface area (Å²) >= 11 is 0. The van der Waals surface area contributed by atoms with Crippen LogP contribution in [0.3, 0.4) is 0 Å². The largest absolute Gasteiger partial charge is 0.507 e. The Morgan fingerprint density at radius 3 is 2.31 bits per heavy atom. The van der Waals surface area contributed by atoms with Crippen LogP contribution in [0.4, 0.5) is 0 Å². The second-order valence-corrected chi connectivity index (χ2v) is 3.04. The Labute approximate surface area is 93.9 Å². The number of carbonyl (C=O) groups is 1. The third kappa shape index (κ3) is 5.33. The molecule has 0 fully saturated rings. The lowest BCUT2D eigenvalue weighted by Crippen LogP contribution is -2.03. The van der Waals surface area contributed by atoms with Crippen molar-refractivity contribution in [2.45, 2.75) is 13.0 Å². The van der Waals surface area contributed by atoms with Gasteiger partial charge < -0.3 is 20.1 Å². The fourth-order valence-corrected chi connectivity index (χ4v) is 0.756. The number of benzene rings is 1. The maximum Gasteiger partial charge on any atom is 0.341 e. The van der Waals surface area contributed by atoms with Crippen molar-refractivity contribution in [2.75, 3.05) is 13.7 Å². The van der Waals surface area contributed by atoms with Crippen molar-refractivity contribution >= 4 is 5.97 Å². The van der Waals surface area contributed by atoms with Crippen LogP contribution in [0.15, 0.2) is 24.3 Å². The van der Waals surface area contributed by atoms with Gasteiger partial charge in [-0.25, -0.2) is 4.79 Å². The van der Waals surface area contributed by atoms with Crippen LogP contribution in [0.25, 0.3) is 0 Å². The smallest absolute Gasteiger partial charge is 0.341 e. The van der Waals surface area contributed by atoms with Gasteiger partial charge in [-0.05, 0) is 19.1 Å². The van der Waals surface area contributed by atoms with E-state index in [0.717, 1.165) is 0 Å². The first kappa shape index (κ1) is 14.4. The molecule has 16 heavy (non-hydrogen) atoms. The van der Waals surface area contributed by atoms with Crippen LogP contribution in [0, 0.1) is 0 Å². The van der Waals surface area contributed by atoms with Gasteiger partial charge in [0, 0.05) is 0 Å². The van der Waals surface area contributed by atoms with E-state index in [2.05, 4.69) is 4.74 Å². The molecule has 0 spiro atoms. The molecule has 0 aliphatic heterocycles. The third-order valence-electron chi connectivity index (χ3n) is 1.57. The molecule has 5 heteroatoms. The predicted molar refractivity (Wildman–Crippen MR) is 58.2 cm³/mol. The average Bonchev–Trinajstić information content (AvgIpc) is 2.29. The third-order valence-corrected chi connectivity index (χ3v) is 1.57. The number of aliphatic hydroxyl groups excluding tert-OH is 2. The molecule has 90 valence electrons. The molecule has 1 aromatic carbocycles. The first-order valence-corrected chi connectivity index (χ1v) is 4.68. The highest BCUT2D eigenvalue weighted by atomic mass is 16.5. The second kappa shape index (κ2) is 7.67. The zero-order valence-electron chi connectivity index (χ0n) is 9.25. The van der Waals surface area contributed by atoms with Gasteiger partial charge in [0.05, 0.1) is 19.8 Å². The number of phenols is 1. The second-order valence-electron chi connectivity index (χ2n) is 3.04. The van der Waals surface area contributed by atoms with Crippen LogP contribution in [0.2, 0.25) is 0 Å². The molecule has 3 N–H and O–H groups in total. The molecule has 1 aromatic rings. The van der Waals surface area contributed by atoms with Gasteiger partial charge in [-0.15, -0.1) is 0 Å². The predicted octanol–water partition coefficient (Wildman–Crippen LogP) is 0.538.